The second kappa shape index (κ2) is 7.95. The molecule has 1 rings (SSSR count). The third-order valence-corrected chi connectivity index (χ3v) is 3.15. The number of amides is 1. The molecule has 0 fully saturated rings. The summed E-state index contributed by atoms with van der Waals surface area (Å²) >= 11 is 0. The van der Waals surface area contributed by atoms with Gasteiger partial charge in [0, 0.05) is 11.7 Å². The fourth-order valence-electron chi connectivity index (χ4n) is 1.94. The maximum absolute atomic E-state index is 12.0. The number of hydrogen-bond acceptors (Lipinski definition) is 2. The van der Waals surface area contributed by atoms with Gasteiger partial charge in [0.1, 0.15) is 0 Å². The van der Waals surface area contributed by atoms with E-state index in [-0.39, 0.29) is 11.9 Å². The molecule has 0 aromatic heterocycles. The van der Waals surface area contributed by atoms with Crippen molar-refractivity contribution in [3.8, 4) is 0 Å². The summed E-state index contributed by atoms with van der Waals surface area (Å²) < 4.78 is 0. The average Bonchev–Trinajstić information content (AvgIpc) is 2.37. The molecule has 106 valence electrons. The van der Waals surface area contributed by atoms with Crippen LogP contribution in [-0.2, 0) is 4.79 Å². The largest absolute Gasteiger partial charge is 0.325 e. The Hall–Kier alpha value is -1.35. The molecule has 0 saturated heterocycles. The van der Waals surface area contributed by atoms with Crippen LogP contribution in [0.2, 0.25) is 0 Å². The lowest BCUT2D eigenvalue weighted by Gasteiger charge is -2.20. The van der Waals surface area contributed by atoms with Crippen molar-refractivity contribution in [2.45, 2.75) is 52.6 Å². The molecule has 0 heterocycles. The van der Waals surface area contributed by atoms with Gasteiger partial charge in [-0.1, -0.05) is 32.0 Å². The molecule has 1 amide bonds. The number of rotatable bonds is 7. The van der Waals surface area contributed by atoms with E-state index in [2.05, 4.69) is 31.4 Å². The molecule has 2 N–H and O–H groups in total. The number of carbonyl (C=O) groups excluding carboxylic acids is 1. The van der Waals surface area contributed by atoms with Crippen LogP contribution in [-0.4, -0.2) is 18.0 Å². The van der Waals surface area contributed by atoms with Gasteiger partial charge in [-0.15, -0.1) is 0 Å². The van der Waals surface area contributed by atoms with Gasteiger partial charge >= 0.3 is 0 Å². The first-order valence-electron chi connectivity index (χ1n) is 7.11. The fourth-order valence-corrected chi connectivity index (χ4v) is 1.94. The molecule has 0 aliphatic heterocycles. The molecular formula is C16H26N2O. The molecule has 0 bridgehead atoms. The van der Waals surface area contributed by atoms with Crippen LogP contribution in [0.15, 0.2) is 30.3 Å². The molecule has 2 atom stereocenters. The predicted molar refractivity (Wildman–Crippen MR) is 81.2 cm³/mol. The second-order valence-corrected chi connectivity index (χ2v) is 5.62. The minimum absolute atomic E-state index is 0.0163. The molecule has 0 spiro atoms. The second-order valence-electron chi connectivity index (χ2n) is 5.62. The van der Waals surface area contributed by atoms with E-state index in [1.807, 2.05) is 37.3 Å². The lowest BCUT2D eigenvalue weighted by Crippen LogP contribution is -2.42. The molecule has 3 nitrogen and oxygen atoms in total. The monoisotopic (exact) mass is 262 g/mol. The lowest BCUT2D eigenvalue weighted by molar-refractivity contribution is -0.117. The zero-order valence-electron chi connectivity index (χ0n) is 12.4. The number of anilines is 1. The molecule has 0 aliphatic rings. The Balaban J connectivity index is 2.36. The zero-order chi connectivity index (χ0) is 14.3. The summed E-state index contributed by atoms with van der Waals surface area (Å²) in [6, 6.07) is 9.74. The van der Waals surface area contributed by atoms with Crippen LogP contribution < -0.4 is 10.6 Å². The van der Waals surface area contributed by atoms with Crippen LogP contribution in [0, 0.1) is 5.92 Å². The number of benzene rings is 1. The molecule has 1 aromatic rings. The third-order valence-electron chi connectivity index (χ3n) is 3.15. The number of hydrogen-bond donors (Lipinski definition) is 2. The molecule has 0 aliphatic carbocycles. The fraction of sp³-hybridized carbons (Fsp3) is 0.562. The summed E-state index contributed by atoms with van der Waals surface area (Å²) in [5.74, 6) is 0.722. The highest BCUT2D eigenvalue weighted by atomic mass is 16.2. The van der Waals surface area contributed by atoms with Crippen molar-refractivity contribution in [2.24, 2.45) is 5.92 Å². The Bertz CT molecular complexity index is 376. The summed E-state index contributed by atoms with van der Waals surface area (Å²) in [4.78, 5) is 12.0. The van der Waals surface area contributed by atoms with Gasteiger partial charge in [-0.3, -0.25) is 4.79 Å². The summed E-state index contributed by atoms with van der Waals surface area (Å²) in [5.41, 5.74) is 0.844. The van der Waals surface area contributed by atoms with Crippen molar-refractivity contribution in [1.82, 2.24) is 5.32 Å². The highest BCUT2D eigenvalue weighted by Gasteiger charge is 2.15. The van der Waals surface area contributed by atoms with E-state index >= 15 is 0 Å². The van der Waals surface area contributed by atoms with Crippen LogP contribution in [0.4, 0.5) is 5.69 Å². The van der Waals surface area contributed by atoms with E-state index in [0.717, 1.165) is 12.1 Å². The SMILES string of the molecule is CC(C)CCC(C)NC(C)C(=O)Nc1ccccc1. The van der Waals surface area contributed by atoms with Gasteiger partial charge < -0.3 is 10.6 Å². The Morgan fingerprint density at radius 2 is 1.68 bits per heavy atom. The standard InChI is InChI=1S/C16H26N2O/c1-12(2)10-11-13(3)17-14(4)16(19)18-15-8-6-5-7-9-15/h5-9,12-14,17H,10-11H2,1-4H3,(H,18,19). The van der Waals surface area contributed by atoms with E-state index in [9.17, 15) is 4.79 Å². The van der Waals surface area contributed by atoms with Gasteiger partial charge in [0.05, 0.1) is 6.04 Å². The molecule has 0 radical (unpaired) electrons. The number of carbonyl (C=O) groups is 1. The first kappa shape index (κ1) is 15.7. The average molecular weight is 262 g/mol. The summed E-state index contributed by atoms with van der Waals surface area (Å²) in [5, 5.41) is 6.25. The molecule has 19 heavy (non-hydrogen) atoms. The van der Waals surface area contributed by atoms with E-state index in [4.69, 9.17) is 0 Å². The summed E-state index contributed by atoms with van der Waals surface area (Å²) in [7, 11) is 0. The quantitative estimate of drug-likeness (QED) is 0.790. The minimum Gasteiger partial charge on any atom is -0.325 e. The molecule has 0 saturated carbocycles. The van der Waals surface area contributed by atoms with E-state index < -0.39 is 0 Å². The minimum atomic E-state index is -0.178. The van der Waals surface area contributed by atoms with Gasteiger partial charge in [-0.2, -0.15) is 0 Å². The van der Waals surface area contributed by atoms with Crippen LogP contribution in [0.25, 0.3) is 0 Å². The maximum atomic E-state index is 12.0. The normalized spacial score (nSPS) is 14.2. The summed E-state index contributed by atoms with van der Waals surface area (Å²) in [6.07, 6.45) is 2.28. The summed E-state index contributed by atoms with van der Waals surface area (Å²) in [6.45, 7) is 8.48. The van der Waals surface area contributed by atoms with Gasteiger partial charge in [-0.25, -0.2) is 0 Å². The van der Waals surface area contributed by atoms with Gasteiger partial charge in [0.15, 0.2) is 0 Å². The lowest BCUT2D eigenvalue weighted by atomic mass is 10.0. The predicted octanol–water partition coefficient (Wildman–Crippen LogP) is 3.43. The highest BCUT2D eigenvalue weighted by Crippen LogP contribution is 2.08. The molecule has 2 unspecified atom stereocenters. The van der Waals surface area contributed by atoms with Crippen LogP contribution in [0.1, 0.15) is 40.5 Å². The van der Waals surface area contributed by atoms with E-state index in [0.29, 0.717) is 12.0 Å². The van der Waals surface area contributed by atoms with Gasteiger partial charge in [-0.05, 0) is 44.7 Å². The third kappa shape index (κ3) is 6.39. The Morgan fingerprint density at radius 1 is 1.05 bits per heavy atom. The van der Waals surface area contributed by atoms with Crippen LogP contribution in [0.5, 0.6) is 0 Å². The number of nitrogens with one attached hydrogen (secondary N) is 2. The van der Waals surface area contributed by atoms with Crippen LogP contribution in [0.3, 0.4) is 0 Å². The molecular weight excluding hydrogens is 236 g/mol. The number of para-hydroxylation sites is 1. The highest BCUT2D eigenvalue weighted by molar-refractivity contribution is 5.94. The van der Waals surface area contributed by atoms with E-state index in [1.54, 1.807) is 0 Å². The van der Waals surface area contributed by atoms with Crippen molar-refractivity contribution in [2.75, 3.05) is 5.32 Å². The topological polar surface area (TPSA) is 41.1 Å². The first-order chi connectivity index (χ1) is 8.99. The van der Waals surface area contributed by atoms with Crippen molar-refractivity contribution in [3.05, 3.63) is 30.3 Å². The van der Waals surface area contributed by atoms with Crippen LogP contribution >= 0.6 is 0 Å². The Morgan fingerprint density at radius 3 is 2.26 bits per heavy atom. The van der Waals surface area contributed by atoms with Crippen molar-refractivity contribution in [3.63, 3.8) is 0 Å². The molecule has 3 heteroatoms. The zero-order valence-corrected chi connectivity index (χ0v) is 12.4. The van der Waals surface area contributed by atoms with Gasteiger partial charge in [0.2, 0.25) is 5.91 Å². The maximum Gasteiger partial charge on any atom is 0.241 e. The van der Waals surface area contributed by atoms with Gasteiger partial charge in [0.25, 0.3) is 0 Å². The Labute approximate surface area is 116 Å². The Kier molecular flexibility index (Phi) is 6.57. The molecule has 1 aromatic carbocycles. The smallest absolute Gasteiger partial charge is 0.241 e. The first-order valence-corrected chi connectivity index (χ1v) is 7.11. The van der Waals surface area contributed by atoms with Crippen molar-refractivity contribution < 1.29 is 4.79 Å². The van der Waals surface area contributed by atoms with E-state index in [1.165, 1.54) is 6.42 Å². The van der Waals surface area contributed by atoms with Crippen molar-refractivity contribution in [1.29, 1.82) is 0 Å². The van der Waals surface area contributed by atoms with Crippen molar-refractivity contribution >= 4 is 11.6 Å².